The average Bonchev–Trinajstić information content (AvgIpc) is 2.84. The number of unbranched alkanes of at least 4 members (excludes halogenated alkanes) is 3. The van der Waals surface area contributed by atoms with E-state index < -0.39 is 0 Å². The summed E-state index contributed by atoms with van der Waals surface area (Å²) in [6.45, 7) is 3.84. The fourth-order valence-corrected chi connectivity index (χ4v) is 1.93. The van der Waals surface area contributed by atoms with Crippen molar-refractivity contribution in [1.29, 1.82) is 0 Å². The Morgan fingerprint density at radius 1 is 1.11 bits per heavy atom. The van der Waals surface area contributed by atoms with Crippen molar-refractivity contribution < 1.29 is 4.42 Å². The van der Waals surface area contributed by atoms with Crippen LogP contribution in [-0.4, -0.2) is 4.98 Å². The van der Waals surface area contributed by atoms with Gasteiger partial charge in [0.25, 0.3) is 0 Å². The quantitative estimate of drug-likeness (QED) is 0.690. The van der Waals surface area contributed by atoms with E-state index in [4.69, 9.17) is 16.0 Å². The molecule has 95 valence electrons. The van der Waals surface area contributed by atoms with Gasteiger partial charge in [-0.2, -0.15) is 0 Å². The average molecular weight is 263 g/mol. The van der Waals surface area contributed by atoms with Gasteiger partial charge in [-0.1, -0.05) is 37.8 Å². The van der Waals surface area contributed by atoms with Gasteiger partial charge in [-0.15, -0.1) is 0 Å². The smallest absolute Gasteiger partial charge is 0.226 e. The number of aryl methyl sites for hydroxylation is 1. The van der Waals surface area contributed by atoms with E-state index in [1.54, 1.807) is 6.26 Å². The van der Waals surface area contributed by atoms with Crippen LogP contribution in [0.1, 0.15) is 31.4 Å². The minimum absolute atomic E-state index is 0.666. The van der Waals surface area contributed by atoms with E-state index in [1.807, 2.05) is 24.3 Å². The molecule has 0 aliphatic heterocycles. The van der Waals surface area contributed by atoms with E-state index in [-0.39, 0.29) is 0 Å². The third-order valence-corrected chi connectivity index (χ3v) is 3.08. The largest absolute Gasteiger partial charge is 0.444 e. The van der Waals surface area contributed by atoms with Crippen molar-refractivity contribution in [3.63, 3.8) is 0 Å². The van der Waals surface area contributed by atoms with E-state index in [0.717, 1.165) is 35.5 Å². The SMILES string of the molecule is [CH2]CCCCCc1coc(-c2ccc(Cl)cc2)n1. The molecule has 1 heterocycles. The third kappa shape index (κ3) is 3.61. The molecule has 0 fully saturated rings. The number of hydrogen-bond donors (Lipinski definition) is 0. The van der Waals surface area contributed by atoms with Gasteiger partial charge in [-0.3, -0.25) is 0 Å². The van der Waals surface area contributed by atoms with Gasteiger partial charge >= 0.3 is 0 Å². The first-order valence-corrected chi connectivity index (χ1v) is 6.67. The van der Waals surface area contributed by atoms with Crippen molar-refractivity contribution >= 4 is 11.6 Å². The van der Waals surface area contributed by atoms with Crippen LogP contribution in [0.25, 0.3) is 11.5 Å². The monoisotopic (exact) mass is 262 g/mol. The highest BCUT2D eigenvalue weighted by atomic mass is 35.5. The maximum absolute atomic E-state index is 5.85. The van der Waals surface area contributed by atoms with Gasteiger partial charge in [0.1, 0.15) is 6.26 Å². The van der Waals surface area contributed by atoms with E-state index in [9.17, 15) is 0 Å². The summed E-state index contributed by atoms with van der Waals surface area (Å²) in [5.41, 5.74) is 1.98. The summed E-state index contributed by atoms with van der Waals surface area (Å²) in [6.07, 6.45) is 7.25. The minimum Gasteiger partial charge on any atom is -0.444 e. The molecular formula is C15H17ClNO. The lowest BCUT2D eigenvalue weighted by Crippen LogP contribution is -1.86. The van der Waals surface area contributed by atoms with Crippen LogP contribution in [-0.2, 0) is 6.42 Å². The predicted molar refractivity (Wildman–Crippen MR) is 74.5 cm³/mol. The number of rotatable bonds is 6. The Morgan fingerprint density at radius 2 is 1.89 bits per heavy atom. The van der Waals surface area contributed by atoms with Gasteiger partial charge < -0.3 is 4.42 Å². The van der Waals surface area contributed by atoms with Crippen molar-refractivity contribution in [1.82, 2.24) is 4.98 Å². The molecule has 2 nitrogen and oxygen atoms in total. The number of nitrogens with zero attached hydrogens (tertiary/aromatic N) is 1. The highest BCUT2D eigenvalue weighted by Crippen LogP contribution is 2.21. The van der Waals surface area contributed by atoms with Crippen LogP contribution < -0.4 is 0 Å². The second-order valence-corrected chi connectivity index (χ2v) is 4.75. The Balaban J connectivity index is 1.95. The molecule has 2 aromatic rings. The van der Waals surface area contributed by atoms with Crippen molar-refractivity contribution in [2.24, 2.45) is 0 Å². The van der Waals surface area contributed by atoms with Crippen LogP contribution in [0.5, 0.6) is 0 Å². The van der Waals surface area contributed by atoms with E-state index in [1.165, 1.54) is 12.8 Å². The first-order chi connectivity index (χ1) is 8.79. The Morgan fingerprint density at radius 3 is 2.61 bits per heavy atom. The normalized spacial score (nSPS) is 10.8. The standard InChI is InChI=1S/C15H17ClNO/c1-2-3-4-5-6-14-11-18-15(17-14)12-7-9-13(16)10-8-12/h7-11H,1-6H2. The van der Waals surface area contributed by atoms with Crippen molar-refractivity contribution in [2.75, 3.05) is 0 Å². The zero-order valence-electron chi connectivity index (χ0n) is 10.4. The lowest BCUT2D eigenvalue weighted by atomic mass is 10.1. The first-order valence-electron chi connectivity index (χ1n) is 6.29. The molecule has 0 N–H and O–H groups in total. The van der Waals surface area contributed by atoms with Gasteiger partial charge in [0.2, 0.25) is 5.89 Å². The number of hydrogen-bond acceptors (Lipinski definition) is 2. The lowest BCUT2D eigenvalue weighted by Gasteiger charge is -1.96. The molecule has 1 radical (unpaired) electrons. The predicted octanol–water partition coefficient (Wildman–Crippen LogP) is 4.93. The summed E-state index contributed by atoms with van der Waals surface area (Å²) < 4.78 is 5.48. The molecule has 1 aromatic carbocycles. The summed E-state index contributed by atoms with van der Waals surface area (Å²) in [5, 5.41) is 0.721. The zero-order valence-corrected chi connectivity index (χ0v) is 11.1. The molecule has 0 amide bonds. The van der Waals surface area contributed by atoms with E-state index in [2.05, 4.69) is 11.9 Å². The molecule has 0 bridgehead atoms. The zero-order chi connectivity index (χ0) is 12.8. The van der Waals surface area contributed by atoms with Crippen LogP contribution >= 0.6 is 11.6 Å². The molecule has 1 aromatic heterocycles. The molecule has 0 aliphatic rings. The van der Waals surface area contributed by atoms with Gasteiger partial charge in [-0.05, 0) is 37.1 Å². The third-order valence-electron chi connectivity index (χ3n) is 2.83. The van der Waals surface area contributed by atoms with Crippen LogP contribution in [0.2, 0.25) is 5.02 Å². The van der Waals surface area contributed by atoms with Gasteiger partial charge in [0.15, 0.2) is 0 Å². The number of oxazole rings is 1. The fourth-order valence-electron chi connectivity index (χ4n) is 1.81. The molecule has 0 saturated heterocycles. The fraction of sp³-hybridized carbons (Fsp3) is 0.333. The lowest BCUT2D eigenvalue weighted by molar-refractivity contribution is 0.571. The van der Waals surface area contributed by atoms with E-state index in [0.29, 0.717) is 5.89 Å². The van der Waals surface area contributed by atoms with E-state index >= 15 is 0 Å². The molecule has 3 heteroatoms. The maximum atomic E-state index is 5.85. The molecule has 0 aliphatic carbocycles. The number of benzene rings is 1. The highest BCUT2D eigenvalue weighted by molar-refractivity contribution is 6.30. The van der Waals surface area contributed by atoms with Crippen molar-refractivity contribution in [3.8, 4) is 11.5 Å². The second-order valence-electron chi connectivity index (χ2n) is 4.32. The second kappa shape index (κ2) is 6.60. The van der Waals surface area contributed by atoms with Gasteiger partial charge in [0, 0.05) is 10.6 Å². The number of aromatic nitrogens is 1. The number of halogens is 1. The van der Waals surface area contributed by atoms with Crippen LogP contribution in [0, 0.1) is 6.92 Å². The maximum Gasteiger partial charge on any atom is 0.226 e. The molecule has 0 atom stereocenters. The Labute approximate surface area is 113 Å². The molecule has 18 heavy (non-hydrogen) atoms. The molecule has 0 unspecified atom stereocenters. The summed E-state index contributed by atoms with van der Waals surface area (Å²) in [6, 6.07) is 7.52. The van der Waals surface area contributed by atoms with Crippen LogP contribution in [0.15, 0.2) is 34.9 Å². The molecule has 2 rings (SSSR count). The molecular weight excluding hydrogens is 246 g/mol. The molecule has 0 saturated carbocycles. The summed E-state index contributed by atoms with van der Waals surface area (Å²) >= 11 is 5.85. The topological polar surface area (TPSA) is 26.0 Å². The summed E-state index contributed by atoms with van der Waals surface area (Å²) in [7, 11) is 0. The summed E-state index contributed by atoms with van der Waals surface area (Å²) in [5.74, 6) is 0.666. The van der Waals surface area contributed by atoms with Crippen molar-refractivity contribution in [2.45, 2.75) is 32.1 Å². The molecule has 0 spiro atoms. The minimum atomic E-state index is 0.666. The summed E-state index contributed by atoms with van der Waals surface area (Å²) in [4.78, 5) is 4.48. The van der Waals surface area contributed by atoms with Gasteiger partial charge in [-0.25, -0.2) is 4.98 Å². The highest BCUT2D eigenvalue weighted by Gasteiger charge is 2.06. The first kappa shape index (κ1) is 13.2. The van der Waals surface area contributed by atoms with Crippen molar-refractivity contribution in [3.05, 3.63) is 48.2 Å². The van der Waals surface area contributed by atoms with Crippen LogP contribution in [0.4, 0.5) is 0 Å². The Kier molecular flexibility index (Phi) is 4.82. The Bertz CT molecular complexity index is 475. The Hall–Kier alpha value is -1.28. The van der Waals surface area contributed by atoms with Gasteiger partial charge in [0.05, 0.1) is 5.69 Å². The van der Waals surface area contributed by atoms with Crippen LogP contribution in [0.3, 0.4) is 0 Å².